The lowest BCUT2D eigenvalue weighted by molar-refractivity contribution is 0.169. The van der Waals surface area contributed by atoms with Crippen molar-refractivity contribution in [3.8, 4) is 5.69 Å². The fourth-order valence-electron chi connectivity index (χ4n) is 4.11. The molecule has 1 fully saturated rings. The van der Waals surface area contributed by atoms with Crippen LogP contribution in [0, 0.1) is 5.92 Å². The van der Waals surface area contributed by atoms with Crippen molar-refractivity contribution in [3.63, 3.8) is 0 Å². The molecule has 1 aromatic carbocycles. The normalized spacial score (nSPS) is 17.0. The van der Waals surface area contributed by atoms with Gasteiger partial charge in [-0.3, -0.25) is 9.89 Å². The predicted molar refractivity (Wildman–Crippen MR) is 144 cm³/mol. The predicted octanol–water partition coefficient (Wildman–Crippen LogP) is 4.17. The van der Waals surface area contributed by atoms with Gasteiger partial charge in [-0.25, -0.2) is 4.68 Å². The first-order chi connectivity index (χ1) is 15.3. The van der Waals surface area contributed by atoms with E-state index in [4.69, 9.17) is 0 Å². The maximum atomic E-state index is 4.40. The van der Waals surface area contributed by atoms with Crippen LogP contribution in [0.3, 0.4) is 0 Å². The number of aromatic nitrogens is 2. The molecule has 3 heterocycles. The van der Waals surface area contributed by atoms with Crippen LogP contribution in [-0.2, 0) is 13.0 Å². The van der Waals surface area contributed by atoms with E-state index in [0.717, 1.165) is 44.2 Å². The van der Waals surface area contributed by atoms with E-state index in [-0.39, 0.29) is 24.0 Å². The van der Waals surface area contributed by atoms with Crippen molar-refractivity contribution in [2.45, 2.75) is 25.8 Å². The van der Waals surface area contributed by atoms with Crippen molar-refractivity contribution in [1.82, 2.24) is 25.3 Å². The number of thiophene rings is 1. The summed E-state index contributed by atoms with van der Waals surface area (Å²) in [5.41, 5.74) is 2.38. The van der Waals surface area contributed by atoms with Crippen LogP contribution in [-0.4, -0.2) is 53.9 Å². The maximum absolute atomic E-state index is 4.40. The van der Waals surface area contributed by atoms with Crippen LogP contribution in [0.25, 0.3) is 5.69 Å². The van der Waals surface area contributed by atoms with E-state index >= 15 is 0 Å². The van der Waals surface area contributed by atoms with Gasteiger partial charge in [0.05, 0.1) is 5.69 Å². The van der Waals surface area contributed by atoms with Crippen LogP contribution in [0.2, 0.25) is 0 Å². The lowest BCUT2D eigenvalue weighted by Crippen LogP contribution is -2.44. The molecule has 6 nitrogen and oxygen atoms in total. The number of halogens is 1. The first kappa shape index (κ1) is 24.7. The van der Waals surface area contributed by atoms with Gasteiger partial charge in [0.2, 0.25) is 0 Å². The summed E-state index contributed by atoms with van der Waals surface area (Å²) in [5.74, 6) is 1.56. The lowest BCUT2D eigenvalue weighted by Gasteiger charge is -2.32. The first-order valence-corrected chi connectivity index (χ1v) is 12.0. The van der Waals surface area contributed by atoms with E-state index in [0.29, 0.717) is 5.92 Å². The number of likely N-dealkylation sites (tertiary alicyclic amines) is 1. The summed E-state index contributed by atoms with van der Waals surface area (Å²) < 4.78 is 1.88. The minimum atomic E-state index is 0. The summed E-state index contributed by atoms with van der Waals surface area (Å²) >= 11 is 1.86. The van der Waals surface area contributed by atoms with Gasteiger partial charge in [0.15, 0.2) is 5.96 Å². The van der Waals surface area contributed by atoms with Crippen LogP contribution in [0.4, 0.5) is 0 Å². The second-order valence-corrected chi connectivity index (χ2v) is 9.10. The minimum absolute atomic E-state index is 0. The van der Waals surface area contributed by atoms with Crippen molar-refractivity contribution in [1.29, 1.82) is 0 Å². The van der Waals surface area contributed by atoms with E-state index in [2.05, 4.69) is 67.4 Å². The molecule has 0 spiro atoms. The van der Waals surface area contributed by atoms with Gasteiger partial charge < -0.3 is 10.6 Å². The SMILES string of the molecule is CN=C(NCCc1ccc(-n2cccn2)cc1)NCC1CCCN(Cc2cccs2)C1.I. The molecule has 0 amide bonds. The van der Waals surface area contributed by atoms with Gasteiger partial charge in [0.25, 0.3) is 0 Å². The number of benzene rings is 1. The highest BCUT2D eigenvalue weighted by Gasteiger charge is 2.20. The van der Waals surface area contributed by atoms with E-state index in [1.54, 1.807) is 6.20 Å². The second kappa shape index (κ2) is 13.0. The third-order valence-electron chi connectivity index (χ3n) is 5.76. The molecule has 1 atom stereocenters. The van der Waals surface area contributed by atoms with Gasteiger partial charge in [-0.1, -0.05) is 18.2 Å². The molecule has 1 saturated heterocycles. The highest BCUT2D eigenvalue weighted by Crippen LogP contribution is 2.20. The van der Waals surface area contributed by atoms with E-state index in [1.807, 2.05) is 35.3 Å². The Hall–Kier alpha value is -1.91. The van der Waals surface area contributed by atoms with Gasteiger partial charge in [0.1, 0.15) is 0 Å². The third kappa shape index (κ3) is 7.31. The molecule has 8 heteroatoms. The standard InChI is InChI=1S/C24H32N6S.HI/c1-25-24(26-13-11-20-7-9-22(10-8-20)30-15-4-12-28-30)27-17-21-5-2-14-29(18-21)19-23-6-3-16-31-23;/h3-4,6-10,12,15-16,21H,2,5,11,13-14,17-19H2,1H3,(H2,25,26,27);1H. The molecule has 0 aliphatic carbocycles. The smallest absolute Gasteiger partial charge is 0.190 e. The van der Waals surface area contributed by atoms with Crippen molar-refractivity contribution in [2.24, 2.45) is 10.9 Å². The molecule has 172 valence electrons. The Labute approximate surface area is 212 Å². The molecule has 2 aromatic heterocycles. The van der Waals surface area contributed by atoms with E-state index in [9.17, 15) is 0 Å². The van der Waals surface area contributed by atoms with E-state index < -0.39 is 0 Å². The lowest BCUT2D eigenvalue weighted by atomic mass is 9.98. The molecule has 0 radical (unpaired) electrons. The summed E-state index contributed by atoms with van der Waals surface area (Å²) in [5, 5.41) is 13.4. The molecule has 3 aromatic rings. The molecule has 1 aliphatic rings. The molecular weight excluding hydrogens is 531 g/mol. The monoisotopic (exact) mass is 564 g/mol. The van der Waals surface area contributed by atoms with Crippen LogP contribution in [0.1, 0.15) is 23.3 Å². The van der Waals surface area contributed by atoms with Crippen LogP contribution >= 0.6 is 35.3 Å². The largest absolute Gasteiger partial charge is 0.356 e. The highest BCUT2D eigenvalue weighted by molar-refractivity contribution is 14.0. The number of guanidine groups is 1. The zero-order valence-corrected chi connectivity index (χ0v) is 21.8. The molecular formula is C24H33IN6S. The minimum Gasteiger partial charge on any atom is -0.356 e. The Morgan fingerprint density at radius 2 is 2.06 bits per heavy atom. The Morgan fingerprint density at radius 1 is 1.19 bits per heavy atom. The summed E-state index contributed by atoms with van der Waals surface area (Å²) in [6.07, 6.45) is 7.27. The highest BCUT2D eigenvalue weighted by atomic mass is 127. The number of nitrogens with zero attached hydrogens (tertiary/aromatic N) is 4. The Morgan fingerprint density at radius 3 is 2.78 bits per heavy atom. The second-order valence-electron chi connectivity index (χ2n) is 8.07. The van der Waals surface area contributed by atoms with Crippen molar-refractivity contribution >= 4 is 41.3 Å². The third-order valence-corrected chi connectivity index (χ3v) is 6.62. The first-order valence-electron chi connectivity index (χ1n) is 11.1. The Balaban J connectivity index is 0.00000289. The molecule has 0 bridgehead atoms. The van der Waals surface area contributed by atoms with Gasteiger partial charge >= 0.3 is 0 Å². The van der Waals surface area contributed by atoms with Gasteiger partial charge in [-0.05, 0) is 66.9 Å². The number of rotatable bonds is 8. The number of aliphatic imine (C=N–C) groups is 1. The molecule has 32 heavy (non-hydrogen) atoms. The van der Waals surface area contributed by atoms with Crippen molar-refractivity contribution < 1.29 is 0 Å². The molecule has 0 saturated carbocycles. The number of nitrogens with one attached hydrogen (secondary N) is 2. The average Bonchev–Trinajstić information content (AvgIpc) is 3.51. The molecule has 1 aliphatic heterocycles. The Bertz CT molecular complexity index is 924. The van der Waals surface area contributed by atoms with Gasteiger partial charge in [-0.2, -0.15) is 5.10 Å². The number of hydrogen-bond acceptors (Lipinski definition) is 4. The number of piperidine rings is 1. The van der Waals surface area contributed by atoms with Gasteiger partial charge in [0, 0.05) is 50.5 Å². The maximum Gasteiger partial charge on any atom is 0.190 e. The summed E-state index contributed by atoms with van der Waals surface area (Å²) in [6, 6.07) is 14.9. The molecule has 2 N–H and O–H groups in total. The van der Waals surface area contributed by atoms with Crippen LogP contribution in [0.5, 0.6) is 0 Å². The fourth-order valence-corrected chi connectivity index (χ4v) is 4.85. The van der Waals surface area contributed by atoms with Crippen LogP contribution < -0.4 is 10.6 Å². The Kier molecular flexibility index (Phi) is 10.0. The van der Waals surface area contributed by atoms with Crippen molar-refractivity contribution in [3.05, 3.63) is 70.7 Å². The zero-order chi connectivity index (χ0) is 21.3. The topological polar surface area (TPSA) is 57.5 Å². The van der Waals surface area contributed by atoms with E-state index in [1.165, 1.54) is 29.8 Å². The van der Waals surface area contributed by atoms with Crippen LogP contribution in [0.15, 0.2) is 65.2 Å². The molecule has 1 unspecified atom stereocenters. The zero-order valence-electron chi connectivity index (χ0n) is 18.6. The summed E-state index contributed by atoms with van der Waals surface area (Å²) in [4.78, 5) is 8.45. The average molecular weight is 565 g/mol. The fraction of sp³-hybridized carbons (Fsp3) is 0.417. The number of hydrogen-bond donors (Lipinski definition) is 2. The quantitative estimate of drug-likeness (QED) is 0.245. The summed E-state index contributed by atoms with van der Waals surface area (Å²) in [6.45, 7) is 5.28. The molecule has 4 rings (SSSR count). The summed E-state index contributed by atoms with van der Waals surface area (Å²) in [7, 11) is 1.85. The van der Waals surface area contributed by atoms with Crippen molar-refractivity contribution in [2.75, 3.05) is 33.2 Å². The van der Waals surface area contributed by atoms with Gasteiger partial charge in [-0.15, -0.1) is 35.3 Å².